The normalized spacial score (nSPS) is 13.6. The summed E-state index contributed by atoms with van der Waals surface area (Å²) in [5.74, 6) is 0.308. The number of nitrogens with zero attached hydrogens (tertiary/aromatic N) is 5. The highest BCUT2D eigenvalue weighted by molar-refractivity contribution is 5.77. The van der Waals surface area contributed by atoms with E-state index in [1.807, 2.05) is 35.8 Å². The van der Waals surface area contributed by atoms with Gasteiger partial charge < -0.3 is 9.47 Å². The Kier molecular flexibility index (Phi) is 4.50. The van der Waals surface area contributed by atoms with Crippen LogP contribution in [-0.2, 0) is 20.1 Å². The average Bonchev–Trinajstić information content (AvgIpc) is 3.17. The number of aryl methyl sites for hydroxylation is 3. The second-order valence-electron chi connectivity index (χ2n) is 7.89. The van der Waals surface area contributed by atoms with Crippen LogP contribution < -0.4 is 16.1 Å². The molecule has 7 nitrogen and oxygen atoms in total. The summed E-state index contributed by atoms with van der Waals surface area (Å²) in [5, 5.41) is 0. The van der Waals surface area contributed by atoms with E-state index in [0.717, 1.165) is 24.2 Å². The molecule has 0 N–H and O–H groups in total. The first-order valence-electron chi connectivity index (χ1n) is 10.2. The molecule has 0 spiro atoms. The zero-order valence-electron chi connectivity index (χ0n) is 17.4. The Bertz CT molecular complexity index is 1420. The second kappa shape index (κ2) is 7.23. The van der Waals surface area contributed by atoms with Crippen LogP contribution in [0.2, 0.25) is 0 Å². The highest BCUT2D eigenvalue weighted by Crippen LogP contribution is 2.32. The first-order chi connectivity index (χ1) is 15.0. The maximum Gasteiger partial charge on any atom is 0.332 e. The van der Waals surface area contributed by atoms with Crippen molar-refractivity contribution in [1.29, 1.82) is 0 Å². The SMILES string of the molecule is Cc1ccccc1N1CCCn2c1nc1c2c(=O)n(Cc2ccc(F)cc2)c(=O)n1C. The molecule has 1 aliphatic rings. The van der Waals surface area contributed by atoms with Crippen LogP contribution >= 0.6 is 0 Å². The number of rotatable bonds is 3. The fourth-order valence-electron chi connectivity index (χ4n) is 4.27. The molecule has 0 fully saturated rings. The summed E-state index contributed by atoms with van der Waals surface area (Å²) in [7, 11) is 1.63. The number of hydrogen-bond acceptors (Lipinski definition) is 4. The molecule has 4 aromatic rings. The van der Waals surface area contributed by atoms with Crippen molar-refractivity contribution in [2.75, 3.05) is 11.4 Å². The van der Waals surface area contributed by atoms with Crippen molar-refractivity contribution in [1.82, 2.24) is 18.7 Å². The van der Waals surface area contributed by atoms with Crippen molar-refractivity contribution in [2.24, 2.45) is 7.05 Å². The molecule has 2 aromatic heterocycles. The van der Waals surface area contributed by atoms with Gasteiger partial charge in [0.25, 0.3) is 5.56 Å². The van der Waals surface area contributed by atoms with Gasteiger partial charge in [0.15, 0.2) is 11.2 Å². The lowest BCUT2D eigenvalue weighted by atomic mass is 10.1. The Hall–Kier alpha value is -3.68. The van der Waals surface area contributed by atoms with Crippen LogP contribution in [0.5, 0.6) is 0 Å². The number of hydrogen-bond donors (Lipinski definition) is 0. The first-order valence-corrected chi connectivity index (χ1v) is 10.2. The van der Waals surface area contributed by atoms with Gasteiger partial charge >= 0.3 is 5.69 Å². The van der Waals surface area contributed by atoms with E-state index in [1.165, 1.54) is 21.3 Å². The molecule has 0 unspecified atom stereocenters. The van der Waals surface area contributed by atoms with Crippen LogP contribution in [0.25, 0.3) is 11.2 Å². The molecule has 2 aromatic carbocycles. The van der Waals surface area contributed by atoms with E-state index >= 15 is 0 Å². The Labute approximate surface area is 177 Å². The maximum absolute atomic E-state index is 13.4. The van der Waals surface area contributed by atoms with E-state index < -0.39 is 5.69 Å². The van der Waals surface area contributed by atoms with Crippen LogP contribution in [0.3, 0.4) is 0 Å². The molecule has 0 atom stereocenters. The Morgan fingerprint density at radius 2 is 1.77 bits per heavy atom. The highest BCUT2D eigenvalue weighted by atomic mass is 19.1. The minimum absolute atomic E-state index is 0.0732. The molecule has 8 heteroatoms. The first kappa shape index (κ1) is 19.3. The lowest BCUT2D eigenvalue weighted by Crippen LogP contribution is -2.40. The average molecular weight is 419 g/mol. The van der Waals surface area contributed by atoms with Crippen molar-refractivity contribution < 1.29 is 4.39 Å². The molecule has 0 amide bonds. The number of halogens is 1. The molecule has 0 radical (unpaired) electrons. The van der Waals surface area contributed by atoms with Gasteiger partial charge in [0.05, 0.1) is 6.54 Å². The van der Waals surface area contributed by atoms with Crippen LogP contribution in [0.4, 0.5) is 16.0 Å². The monoisotopic (exact) mass is 419 g/mol. The van der Waals surface area contributed by atoms with E-state index in [4.69, 9.17) is 4.98 Å². The molecule has 1 aliphatic heterocycles. The number of anilines is 2. The Morgan fingerprint density at radius 3 is 2.52 bits per heavy atom. The summed E-state index contributed by atoms with van der Waals surface area (Å²) < 4.78 is 17.8. The van der Waals surface area contributed by atoms with Gasteiger partial charge in [-0.05, 0) is 42.7 Å². The van der Waals surface area contributed by atoms with Gasteiger partial charge in [0, 0.05) is 25.8 Å². The number of benzene rings is 2. The molecule has 5 rings (SSSR count). The van der Waals surface area contributed by atoms with Crippen molar-refractivity contribution in [2.45, 2.75) is 26.4 Å². The minimum atomic E-state index is -0.445. The maximum atomic E-state index is 13.4. The summed E-state index contributed by atoms with van der Waals surface area (Å²) in [4.78, 5) is 33.2. The van der Waals surface area contributed by atoms with Crippen LogP contribution in [0, 0.1) is 12.7 Å². The van der Waals surface area contributed by atoms with E-state index in [-0.39, 0.29) is 17.9 Å². The van der Waals surface area contributed by atoms with Gasteiger partial charge in [-0.15, -0.1) is 0 Å². The van der Waals surface area contributed by atoms with Gasteiger partial charge in [0.2, 0.25) is 5.95 Å². The molecule has 31 heavy (non-hydrogen) atoms. The van der Waals surface area contributed by atoms with Crippen molar-refractivity contribution in [3.63, 3.8) is 0 Å². The van der Waals surface area contributed by atoms with Crippen LogP contribution in [-0.4, -0.2) is 25.2 Å². The van der Waals surface area contributed by atoms with E-state index in [0.29, 0.717) is 29.2 Å². The van der Waals surface area contributed by atoms with Gasteiger partial charge in [-0.1, -0.05) is 30.3 Å². The highest BCUT2D eigenvalue weighted by Gasteiger charge is 2.27. The fraction of sp³-hybridized carbons (Fsp3) is 0.261. The van der Waals surface area contributed by atoms with Gasteiger partial charge in [0.1, 0.15) is 5.82 Å². The topological polar surface area (TPSA) is 65.1 Å². The van der Waals surface area contributed by atoms with Gasteiger partial charge in [-0.25, -0.2) is 9.18 Å². The standard InChI is InChI=1S/C23H22FN5O2/c1-15-6-3-4-7-18(15)27-12-5-13-28-19-20(25-22(27)28)26(2)23(31)29(21(19)30)14-16-8-10-17(24)11-9-16/h3-4,6-11H,5,12-14H2,1-2H3. The third-order valence-electron chi connectivity index (χ3n) is 5.88. The Balaban J connectivity index is 1.71. The van der Waals surface area contributed by atoms with Gasteiger partial charge in [-0.3, -0.25) is 13.9 Å². The molecular weight excluding hydrogens is 397 g/mol. The predicted octanol–water partition coefficient (Wildman–Crippen LogP) is 2.93. The third kappa shape index (κ3) is 3.06. The quantitative estimate of drug-likeness (QED) is 0.512. The predicted molar refractivity (Wildman–Crippen MR) is 118 cm³/mol. The van der Waals surface area contributed by atoms with E-state index in [1.54, 1.807) is 19.2 Å². The summed E-state index contributed by atoms with van der Waals surface area (Å²) >= 11 is 0. The fourth-order valence-corrected chi connectivity index (χ4v) is 4.27. The summed E-state index contributed by atoms with van der Waals surface area (Å²) in [6, 6.07) is 13.9. The number of imidazole rings is 1. The molecule has 0 saturated heterocycles. The molecule has 158 valence electrons. The van der Waals surface area contributed by atoms with Crippen molar-refractivity contribution >= 4 is 22.8 Å². The minimum Gasteiger partial charge on any atom is -0.312 e. The number of aromatic nitrogens is 4. The van der Waals surface area contributed by atoms with E-state index in [2.05, 4.69) is 4.90 Å². The summed E-state index contributed by atoms with van der Waals surface area (Å²) in [6.07, 6.45) is 0.854. The molecular formula is C23H22FN5O2. The molecule has 0 bridgehead atoms. The molecule has 3 heterocycles. The lowest BCUT2D eigenvalue weighted by Gasteiger charge is -2.30. The largest absolute Gasteiger partial charge is 0.332 e. The summed E-state index contributed by atoms with van der Waals surface area (Å²) in [5.41, 5.74) is 2.80. The van der Waals surface area contributed by atoms with Crippen molar-refractivity contribution in [3.8, 4) is 0 Å². The number of fused-ring (bicyclic) bond motifs is 3. The van der Waals surface area contributed by atoms with Gasteiger partial charge in [-0.2, -0.15) is 4.98 Å². The third-order valence-corrected chi connectivity index (χ3v) is 5.88. The smallest absolute Gasteiger partial charge is 0.312 e. The lowest BCUT2D eigenvalue weighted by molar-refractivity contribution is 0.596. The van der Waals surface area contributed by atoms with E-state index in [9.17, 15) is 14.0 Å². The number of para-hydroxylation sites is 1. The second-order valence-corrected chi connectivity index (χ2v) is 7.89. The summed E-state index contributed by atoms with van der Waals surface area (Å²) in [6.45, 7) is 3.55. The van der Waals surface area contributed by atoms with Crippen LogP contribution in [0.1, 0.15) is 17.5 Å². The van der Waals surface area contributed by atoms with Crippen LogP contribution in [0.15, 0.2) is 58.1 Å². The molecule has 0 saturated carbocycles. The zero-order chi connectivity index (χ0) is 21.7. The zero-order valence-corrected chi connectivity index (χ0v) is 17.4. The molecule has 0 aliphatic carbocycles. The Morgan fingerprint density at radius 1 is 1.03 bits per heavy atom. The van der Waals surface area contributed by atoms with Crippen molar-refractivity contribution in [3.05, 3.63) is 86.3 Å².